The van der Waals surface area contributed by atoms with Crippen LogP contribution in [0.3, 0.4) is 0 Å². The topological polar surface area (TPSA) is 64.5 Å². The van der Waals surface area contributed by atoms with Crippen LogP contribution < -0.4 is 9.47 Å². The SMILES string of the molecule is COc1ccc(C(=O)N2CCc3nc(C(C)C)nc(-c4ccc(OC)cc4)c3C2)cc1. The number of hydrogen-bond donors (Lipinski definition) is 0. The molecular formula is C25H27N3O3. The fourth-order valence-corrected chi connectivity index (χ4v) is 3.77. The number of nitrogens with zero attached hydrogens (tertiary/aromatic N) is 3. The molecule has 0 saturated heterocycles. The number of benzene rings is 2. The first-order chi connectivity index (χ1) is 15.0. The maximum Gasteiger partial charge on any atom is 0.254 e. The molecule has 1 aliphatic rings. The fourth-order valence-electron chi connectivity index (χ4n) is 3.77. The number of methoxy groups -OCH3 is 2. The molecule has 6 heteroatoms. The van der Waals surface area contributed by atoms with Crippen LogP contribution in [0.1, 0.15) is 47.2 Å². The van der Waals surface area contributed by atoms with E-state index in [4.69, 9.17) is 19.4 Å². The second-order valence-corrected chi connectivity index (χ2v) is 7.94. The summed E-state index contributed by atoms with van der Waals surface area (Å²) in [5.74, 6) is 2.59. The molecular weight excluding hydrogens is 390 g/mol. The van der Waals surface area contributed by atoms with Crippen LogP contribution in [0, 0.1) is 0 Å². The summed E-state index contributed by atoms with van der Waals surface area (Å²) >= 11 is 0. The minimum Gasteiger partial charge on any atom is -0.497 e. The molecule has 2 heterocycles. The van der Waals surface area contributed by atoms with E-state index in [1.54, 1.807) is 26.4 Å². The zero-order valence-electron chi connectivity index (χ0n) is 18.4. The zero-order valence-corrected chi connectivity index (χ0v) is 18.4. The summed E-state index contributed by atoms with van der Waals surface area (Å²) in [5, 5.41) is 0. The second-order valence-electron chi connectivity index (χ2n) is 7.94. The predicted molar refractivity (Wildman–Crippen MR) is 120 cm³/mol. The van der Waals surface area contributed by atoms with E-state index in [0.717, 1.165) is 39.8 Å². The van der Waals surface area contributed by atoms with Crippen molar-refractivity contribution < 1.29 is 14.3 Å². The number of hydrogen-bond acceptors (Lipinski definition) is 5. The molecule has 6 nitrogen and oxygen atoms in total. The summed E-state index contributed by atoms with van der Waals surface area (Å²) in [5.41, 5.74) is 4.59. The van der Waals surface area contributed by atoms with Gasteiger partial charge in [-0.2, -0.15) is 0 Å². The van der Waals surface area contributed by atoms with Crippen LogP contribution in [0.25, 0.3) is 11.3 Å². The summed E-state index contributed by atoms with van der Waals surface area (Å²) in [4.78, 5) is 24.7. The molecule has 0 spiro atoms. The first-order valence-corrected chi connectivity index (χ1v) is 10.5. The molecule has 0 atom stereocenters. The van der Waals surface area contributed by atoms with E-state index in [9.17, 15) is 4.79 Å². The van der Waals surface area contributed by atoms with Gasteiger partial charge in [-0.3, -0.25) is 4.79 Å². The Morgan fingerprint density at radius 3 is 2.13 bits per heavy atom. The number of carbonyl (C=O) groups excluding carboxylic acids is 1. The van der Waals surface area contributed by atoms with Crippen molar-refractivity contribution in [3.63, 3.8) is 0 Å². The van der Waals surface area contributed by atoms with Crippen molar-refractivity contribution in [1.29, 1.82) is 0 Å². The van der Waals surface area contributed by atoms with Crippen LogP contribution in [-0.4, -0.2) is 41.5 Å². The van der Waals surface area contributed by atoms with Gasteiger partial charge in [-0.15, -0.1) is 0 Å². The van der Waals surface area contributed by atoms with E-state index in [2.05, 4.69) is 13.8 Å². The molecule has 0 N–H and O–H groups in total. The minimum atomic E-state index is 0.00178. The van der Waals surface area contributed by atoms with E-state index >= 15 is 0 Å². The molecule has 0 fully saturated rings. The molecule has 0 saturated carbocycles. The largest absolute Gasteiger partial charge is 0.497 e. The summed E-state index contributed by atoms with van der Waals surface area (Å²) in [6, 6.07) is 15.1. The van der Waals surface area contributed by atoms with Gasteiger partial charge in [0.25, 0.3) is 5.91 Å². The first-order valence-electron chi connectivity index (χ1n) is 10.5. The Morgan fingerprint density at radius 1 is 0.935 bits per heavy atom. The average molecular weight is 418 g/mol. The van der Waals surface area contributed by atoms with Gasteiger partial charge in [0.1, 0.15) is 17.3 Å². The van der Waals surface area contributed by atoms with Crippen molar-refractivity contribution in [3.05, 3.63) is 71.2 Å². The van der Waals surface area contributed by atoms with Gasteiger partial charge in [0.2, 0.25) is 0 Å². The zero-order chi connectivity index (χ0) is 22.0. The van der Waals surface area contributed by atoms with Crippen LogP contribution in [0.15, 0.2) is 48.5 Å². The molecule has 0 unspecified atom stereocenters. The molecule has 0 bridgehead atoms. The van der Waals surface area contributed by atoms with Crippen LogP contribution >= 0.6 is 0 Å². The summed E-state index contributed by atoms with van der Waals surface area (Å²) in [6.07, 6.45) is 0.711. The third kappa shape index (κ3) is 4.24. The van der Waals surface area contributed by atoms with Crippen molar-refractivity contribution in [2.45, 2.75) is 32.7 Å². The molecule has 1 aromatic heterocycles. The fraction of sp³-hybridized carbons (Fsp3) is 0.320. The van der Waals surface area contributed by atoms with E-state index in [-0.39, 0.29) is 11.8 Å². The molecule has 0 aliphatic carbocycles. The highest BCUT2D eigenvalue weighted by atomic mass is 16.5. The summed E-state index contributed by atoms with van der Waals surface area (Å²) in [7, 11) is 3.27. The monoisotopic (exact) mass is 417 g/mol. The van der Waals surface area contributed by atoms with Crippen LogP contribution in [0.4, 0.5) is 0 Å². The standard InChI is InChI=1S/C25H27N3O3/c1-16(2)24-26-22-13-14-28(25(29)18-7-11-20(31-4)12-8-18)15-21(22)23(27-24)17-5-9-19(30-3)10-6-17/h5-12,16H,13-15H2,1-4H3. The Labute approximate surface area is 182 Å². The number of rotatable bonds is 5. The van der Waals surface area contributed by atoms with Gasteiger partial charge < -0.3 is 14.4 Å². The molecule has 160 valence electrons. The van der Waals surface area contributed by atoms with Crippen LogP contribution in [0.2, 0.25) is 0 Å². The van der Waals surface area contributed by atoms with Gasteiger partial charge in [-0.1, -0.05) is 13.8 Å². The molecule has 0 radical (unpaired) electrons. The number of fused-ring (bicyclic) bond motifs is 1. The average Bonchev–Trinajstić information content (AvgIpc) is 2.82. The third-order valence-corrected chi connectivity index (χ3v) is 5.58. The van der Waals surface area contributed by atoms with E-state index in [1.807, 2.05) is 41.3 Å². The number of ether oxygens (including phenoxy) is 2. The Kier molecular flexibility index (Phi) is 5.89. The predicted octanol–water partition coefficient (Wildman–Crippen LogP) is 4.48. The lowest BCUT2D eigenvalue weighted by molar-refractivity contribution is 0.0733. The summed E-state index contributed by atoms with van der Waals surface area (Å²) < 4.78 is 10.5. The highest BCUT2D eigenvalue weighted by Crippen LogP contribution is 2.31. The van der Waals surface area contributed by atoms with Crippen molar-refractivity contribution in [2.75, 3.05) is 20.8 Å². The van der Waals surface area contributed by atoms with Crippen molar-refractivity contribution in [1.82, 2.24) is 14.9 Å². The van der Waals surface area contributed by atoms with Crippen molar-refractivity contribution >= 4 is 5.91 Å². The number of aromatic nitrogens is 2. The lowest BCUT2D eigenvalue weighted by Gasteiger charge is -2.30. The molecule has 3 aromatic rings. The van der Waals surface area contributed by atoms with E-state index in [1.165, 1.54) is 0 Å². The Morgan fingerprint density at radius 2 is 1.55 bits per heavy atom. The molecule has 1 amide bonds. The van der Waals surface area contributed by atoms with E-state index in [0.29, 0.717) is 25.1 Å². The quantitative estimate of drug-likeness (QED) is 0.612. The first kappa shape index (κ1) is 20.8. The van der Waals surface area contributed by atoms with Crippen LogP contribution in [-0.2, 0) is 13.0 Å². The smallest absolute Gasteiger partial charge is 0.254 e. The number of amides is 1. The third-order valence-electron chi connectivity index (χ3n) is 5.58. The molecule has 31 heavy (non-hydrogen) atoms. The van der Waals surface area contributed by atoms with Gasteiger partial charge in [0, 0.05) is 42.1 Å². The highest BCUT2D eigenvalue weighted by Gasteiger charge is 2.27. The Balaban J connectivity index is 1.70. The Bertz CT molecular complexity index is 1080. The lowest BCUT2D eigenvalue weighted by Crippen LogP contribution is -2.37. The van der Waals surface area contributed by atoms with E-state index < -0.39 is 0 Å². The van der Waals surface area contributed by atoms with Gasteiger partial charge in [-0.25, -0.2) is 9.97 Å². The normalized spacial score (nSPS) is 13.1. The molecule has 4 rings (SSSR count). The minimum absolute atomic E-state index is 0.00178. The molecule has 1 aliphatic heterocycles. The molecule has 2 aromatic carbocycles. The lowest BCUT2D eigenvalue weighted by atomic mass is 9.97. The van der Waals surface area contributed by atoms with Crippen molar-refractivity contribution in [2.24, 2.45) is 0 Å². The van der Waals surface area contributed by atoms with Gasteiger partial charge in [0.15, 0.2) is 0 Å². The Hall–Kier alpha value is -3.41. The second kappa shape index (κ2) is 8.76. The van der Waals surface area contributed by atoms with Crippen molar-refractivity contribution in [3.8, 4) is 22.8 Å². The number of carbonyl (C=O) groups is 1. The van der Waals surface area contributed by atoms with Gasteiger partial charge in [0.05, 0.1) is 25.6 Å². The maximum atomic E-state index is 13.1. The summed E-state index contributed by atoms with van der Waals surface area (Å²) in [6.45, 7) is 5.32. The van der Waals surface area contributed by atoms with Crippen LogP contribution in [0.5, 0.6) is 11.5 Å². The van der Waals surface area contributed by atoms with Gasteiger partial charge >= 0.3 is 0 Å². The van der Waals surface area contributed by atoms with Gasteiger partial charge in [-0.05, 0) is 48.5 Å². The maximum absolute atomic E-state index is 13.1. The highest BCUT2D eigenvalue weighted by molar-refractivity contribution is 5.94.